The lowest BCUT2D eigenvalue weighted by molar-refractivity contribution is 0.317. The van der Waals surface area contributed by atoms with Gasteiger partial charge in [0.05, 0.1) is 5.71 Å². The highest BCUT2D eigenvalue weighted by Gasteiger charge is 1.96. The van der Waals surface area contributed by atoms with Gasteiger partial charge in [0.25, 0.3) is 0 Å². The van der Waals surface area contributed by atoms with E-state index in [0.717, 1.165) is 5.56 Å². The minimum atomic E-state index is 0.234. The first-order valence-electron chi connectivity index (χ1n) is 3.68. The SMILES string of the molecule is CC(Cc1cccc(O)c1)=NO. The summed E-state index contributed by atoms with van der Waals surface area (Å²) in [6.45, 7) is 1.73. The van der Waals surface area contributed by atoms with Crippen molar-refractivity contribution in [2.45, 2.75) is 13.3 Å². The second-order valence-corrected chi connectivity index (χ2v) is 2.68. The van der Waals surface area contributed by atoms with E-state index in [1.165, 1.54) is 0 Å². The van der Waals surface area contributed by atoms with E-state index < -0.39 is 0 Å². The van der Waals surface area contributed by atoms with Crippen LogP contribution in [0, 0.1) is 0 Å². The molecule has 12 heavy (non-hydrogen) atoms. The molecule has 0 radical (unpaired) electrons. The van der Waals surface area contributed by atoms with Gasteiger partial charge in [-0.3, -0.25) is 0 Å². The smallest absolute Gasteiger partial charge is 0.115 e. The van der Waals surface area contributed by atoms with Gasteiger partial charge in [-0.15, -0.1) is 0 Å². The van der Waals surface area contributed by atoms with E-state index in [1.54, 1.807) is 25.1 Å². The molecule has 0 spiro atoms. The Morgan fingerprint density at radius 3 is 2.83 bits per heavy atom. The molecule has 0 aliphatic heterocycles. The summed E-state index contributed by atoms with van der Waals surface area (Å²) >= 11 is 0. The average molecular weight is 165 g/mol. The molecule has 0 heterocycles. The summed E-state index contributed by atoms with van der Waals surface area (Å²) in [5.74, 6) is 0.234. The van der Waals surface area contributed by atoms with Crippen LogP contribution in [0.3, 0.4) is 0 Å². The zero-order valence-electron chi connectivity index (χ0n) is 6.86. The molecule has 2 N–H and O–H groups in total. The van der Waals surface area contributed by atoms with Gasteiger partial charge >= 0.3 is 0 Å². The third-order valence-electron chi connectivity index (χ3n) is 1.54. The van der Waals surface area contributed by atoms with Crippen LogP contribution >= 0.6 is 0 Å². The van der Waals surface area contributed by atoms with Crippen molar-refractivity contribution in [3.05, 3.63) is 29.8 Å². The van der Waals surface area contributed by atoms with Gasteiger partial charge in [-0.2, -0.15) is 0 Å². The Morgan fingerprint density at radius 1 is 1.50 bits per heavy atom. The molecule has 0 atom stereocenters. The van der Waals surface area contributed by atoms with Crippen molar-refractivity contribution in [1.29, 1.82) is 0 Å². The molecule has 1 aromatic rings. The van der Waals surface area contributed by atoms with E-state index in [-0.39, 0.29) is 5.75 Å². The summed E-state index contributed by atoms with van der Waals surface area (Å²) in [6.07, 6.45) is 0.560. The van der Waals surface area contributed by atoms with Crippen LogP contribution in [-0.2, 0) is 6.42 Å². The van der Waals surface area contributed by atoms with Crippen molar-refractivity contribution in [1.82, 2.24) is 0 Å². The van der Waals surface area contributed by atoms with Crippen LogP contribution in [0.5, 0.6) is 5.75 Å². The Bertz CT molecular complexity index is 294. The first kappa shape index (κ1) is 8.59. The lowest BCUT2D eigenvalue weighted by atomic mass is 10.1. The standard InChI is InChI=1S/C9H11NO2/c1-7(10-12)5-8-3-2-4-9(11)6-8/h2-4,6,11-12H,5H2,1H3. The Labute approximate surface area is 71.0 Å². The van der Waals surface area contributed by atoms with Crippen LogP contribution in [0.15, 0.2) is 29.4 Å². The number of oxime groups is 1. The Kier molecular flexibility index (Phi) is 2.69. The van der Waals surface area contributed by atoms with E-state index in [2.05, 4.69) is 5.16 Å². The fourth-order valence-corrected chi connectivity index (χ4v) is 0.997. The van der Waals surface area contributed by atoms with Gasteiger partial charge in [0.1, 0.15) is 5.75 Å². The first-order chi connectivity index (χ1) is 5.72. The summed E-state index contributed by atoms with van der Waals surface area (Å²) in [6, 6.07) is 6.88. The maximum Gasteiger partial charge on any atom is 0.115 e. The predicted molar refractivity (Wildman–Crippen MR) is 46.7 cm³/mol. The minimum absolute atomic E-state index is 0.234. The number of phenols is 1. The Hall–Kier alpha value is -1.51. The van der Waals surface area contributed by atoms with E-state index >= 15 is 0 Å². The van der Waals surface area contributed by atoms with Crippen LogP contribution in [-0.4, -0.2) is 16.0 Å². The van der Waals surface area contributed by atoms with Gasteiger partial charge in [0.2, 0.25) is 0 Å². The van der Waals surface area contributed by atoms with Crippen molar-refractivity contribution in [2.24, 2.45) is 5.16 Å². The van der Waals surface area contributed by atoms with Crippen molar-refractivity contribution in [2.75, 3.05) is 0 Å². The largest absolute Gasteiger partial charge is 0.508 e. The molecule has 1 aromatic carbocycles. The first-order valence-corrected chi connectivity index (χ1v) is 3.68. The predicted octanol–water partition coefficient (Wildman–Crippen LogP) is 1.78. The molecule has 0 bridgehead atoms. The van der Waals surface area contributed by atoms with Crippen LogP contribution in [0.1, 0.15) is 12.5 Å². The second-order valence-electron chi connectivity index (χ2n) is 2.68. The molecule has 0 saturated heterocycles. The van der Waals surface area contributed by atoms with Gasteiger partial charge in [-0.25, -0.2) is 0 Å². The van der Waals surface area contributed by atoms with Gasteiger partial charge in [0, 0.05) is 6.42 Å². The summed E-state index contributed by atoms with van der Waals surface area (Å²) in [5.41, 5.74) is 1.56. The summed E-state index contributed by atoms with van der Waals surface area (Å²) in [5, 5.41) is 20.5. The zero-order chi connectivity index (χ0) is 8.97. The minimum Gasteiger partial charge on any atom is -0.508 e. The molecule has 3 nitrogen and oxygen atoms in total. The fourth-order valence-electron chi connectivity index (χ4n) is 0.997. The molecule has 0 saturated carbocycles. The molecule has 0 aliphatic rings. The highest BCUT2D eigenvalue weighted by Crippen LogP contribution is 2.11. The van der Waals surface area contributed by atoms with Crippen LogP contribution in [0.2, 0.25) is 0 Å². The Morgan fingerprint density at radius 2 is 2.25 bits per heavy atom. The third kappa shape index (κ3) is 2.27. The third-order valence-corrected chi connectivity index (χ3v) is 1.54. The zero-order valence-corrected chi connectivity index (χ0v) is 6.86. The molecule has 3 heteroatoms. The van der Waals surface area contributed by atoms with E-state index in [1.807, 2.05) is 6.07 Å². The number of benzene rings is 1. The number of aromatic hydroxyl groups is 1. The number of hydrogen-bond donors (Lipinski definition) is 2. The molecule has 0 amide bonds. The maximum absolute atomic E-state index is 9.10. The monoisotopic (exact) mass is 165 g/mol. The van der Waals surface area contributed by atoms with E-state index in [0.29, 0.717) is 12.1 Å². The maximum atomic E-state index is 9.10. The normalized spacial score (nSPS) is 11.6. The van der Waals surface area contributed by atoms with E-state index in [9.17, 15) is 0 Å². The van der Waals surface area contributed by atoms with Crippen molar-refractivity contribution < 1.29 is 10.3 Å². The number of phenolic OH excluding ortho intramolecular Hbond substituents is 1. The Balaban J connectivity index is 2.76. The second kappa shape index (κ2) is 3.76. The molecule has 0 unspecified atom stereocenters. The van der Waals surface area contributed by atoms with Gasteiger partial charge in [-0.1, -0.05) is 17.3 Å². The molecule has 0 aromatic heterocycles. The topological polar surface area (TPSA) is 52.8 Å². The van der Waals surface area contributed by atoms with Crippen molar-refractivity contribution in [3.8, 4) is 5.75 Å². The quantitative estimate of drug-likeness (QED) is 0.398. The molecular weight excluding hydrogens is 154 g/mol. The van der Waals surface area contributed by atoms with Crippen LogP contribution in [0.25, 0.3) is 0 Å². The molecule has 0 fully saturated rings. The highest BCUT2D eigenvalue weighted by molar-refractivity contribution is 5.83. The van der Waals surface area contributed by atoms with Gasteiger partial charge in [0.15, 0.2) is 0 Å². The highest BCUT2D eigenvalue weighted by atomic mass is 16.4. The van der Waals surface area contributed by atoms with Gasteiger partial charge < -0.3 is 10.3 Å². The number of hydrogen-bond acceptors (Lipinski definition) is 3. The molecule has 64 valence electrons. The van der Waals surface area contributed by atoms with E-state index in [4.69, 9.17) is 10.3 Å². The van der Waals surface area contributed by atoms with Crippen molar-refractivity contribution >= 4 is 5.71 Å². The summed E-state index contributed by atoms with van der Waals surface area (Å²) in [4.78, 5) is 0. The number of rotatable bonds is 2. The van der Waals surface area contributed by atoms with Crippen LogP contribution < -0.4 is 0 Å². The molecule has 1 rings (SSSR count). The lowest BCUT2D eigenvalue weighted by Crippen LogP contribution is -1.96. The molecular formula is C9H11NO2. The van der Waals surface area contributed by atoms with Gasteiger partial charge in [-0.05, 0) is 24.6 Å². The molecule has 0 aliphatic carbocycles. The summed E-state index contributed by atoms with van der Waals surface area (Å²) < 4.78 is 0. The van der Waals surface area contributed by atoms with Crippen molar-refractivity contribution in [3.63, 3.8) is 0 Å². The number of nitrogens with zero attached hydrogens (tertiary/aromatic N) is 1. The summed E-state index contributed by atoms with van der Waals surface area (Å²) in [7, 11) is 0. The average Bonchev–Trinajstić information content (AvgIpc) is 2.04. The lowest BCUT2D eigenvalue weighted by Gasteiger charge is -1.99. The van der Waals surface area contributed by atoms with Crippen LogP contribution in [0.4, 0.5) is 0 Å². The fraction of sp³-hybridized carbons (Fsp3) is 0.222.